The third-order valence-corrected chi connectivity index (χ3v) is 3.50. The van der Waals surface area contributed by atoms with Gasteiger partial charge in [0.25, 0.3) is 5.89 Å². The molecule has 7 heteroatoms. The number of hydrogen-bond acceptors (Lipinski definition) is 5. The monoisotopic (exact) mass is 320 g/mol. The van der Waals surface area contributed by atoms with Crippen LogP contribution in [0.5, 0.6) is 0 Å². The van der Waals surface area contributed by atoms with Crippen LogP contribution >= 0.6 is 23.2 Å². The summed E-state index contributed by atoms with van der Waals surface area (Å²) >= 11 is 12.0. The van der Waals surface area contributed by atoms with E-state index < -0.39 is 0 Å². The highest BCUT2D eigenvalue weighted by atomic mass is 35.5. The van der Waals surface area contributed by atoms with Gasteiger partial charge in [-0.05, 0) is 30.7 Å². The molecule has 106 valence electrons. The zero-order valence-corrected chi connectivity index (χ0v) is 12.5. The molecule has 3 aromatic rings. The molecular weight excluding hydrogens is 311 g/mol. The zero-order valence-electron chi connectivity index (χ0n) is 11.0. The molecule has 0 unspecified atom stereocenters. The molecule has 0 amide bonds. The van der Waals surface area contributed by atoms with Gasteiger partial charge in [-0.1, -0.05) is 34.4 Å². The maximum atomic E-state index is 6.01. The lowest BCUT2D eigenvalue weighted by atomic mass is 10.2. The minimum absolute atomic E-state index is 0.247. The number of pyridine rings is 1. The fourth-order valence-electron chi connectivity index (χ4n) is 1.91. The number of nitrogens with two attached hydrogens (primary N) is 1. The van der Waals surface area contributed by atoms with Gasteiger partial charge in [0.05, 0.1) is 16.3 Å². The number of hydrogen-bond donors (Lipinski definition) is 1. The van der Waals surface area contributed by atoms with Crippen LogP contribution in [0, 0.1) is 6.92 Å². The summed E-state index contributed by atoms with van der Waals surface area (Å²) in [6, 6.07) is 6.95. The predicted octanol–water partition coefficient (Wildman–Crippen LogP) is 4.00. The highest BCUT2D eigenvalue weighted by Crippen LogP contribution is 2.34. The molecule has 3 rings (SSSR count). The van der Waals surface area contributed by atoms with E-state index in [1.165, 1.54) is 0 Å². The summed E-state index contributed by atoms with van der Waals surface area (Å²) in [7, 11) is 0. The van der Waals surface area contributed by atoms with Crippen LogP contribution in [0.1, 0.15) is 5.56 Å². The number of anilines is 1. The van der Waals surface area contributed by atoms with Crippen molar-refractivity contribution in [3.05, 3.63) is 46.1 Å². The quantitative estimate of drug-likeness (QED) is 0.722. The zero-order chi connectivity index (χ0) is 15.0. The van der Waals surface area contributed by atoms with Crippen molar-refractivity contribution in [1.29, 1.82) is 0 Å². The molecule has 21 heavy (non-hydrogen) atoms. The summed E-state index contributed by atoms with van der Waals surface area (Å²) in [6.07, 6.45) is 1.67. The molecular formula is C14H10Cl2N4O. The van der Waals surface area contributed by atoms with Gasteiger partial charge in [0.1, 0.15) is 5.69 Å². The van der Waals surface area contributed by atoms with E-state index in [4.69, 9.17) is 33.5 Å². The Labute approximate surface area is 130 Å². The normalized spacial score (nSPS) is 10.8. The Morgan fingerprint density at radius 1 is 1.24 bits per heavy atom. The van der Waals surface area contributed by atoms with Gasteiger partial charge in [-0.15, -0.1) is 0 Å². The molecule has 0 atom stereocenters. The Kier molecular flexibility index (Phi) is 3.53. The first-order chi connectivity index (χ1) is 10.1. The molecule has 2 heterocycles. The minimum Gasteiger partial charge on any atom is -0.397 e. The molecule has 0 saturated carbocycles. The standard InChI is InChI=1S/C14H10Cl2N4O/c1-7-3-2-4-18-12(7)13-19-14(21-20-13)9-5-8(15)6-10(16)11(9)17/h2-6H,17H2,1H3. The molecule has 1 aromatic carbocycles. The molecule has 0 saturated heterocycles. The molecule has 2 N–H and O–H groups in total. The third-order valence-electron chi connectivity index (χ3n) is 2.97. The van der Waals surface area contributed by atoms with Gasteiger partial charge in [-0.3, -0.25) is 4.98 Å². The molecule has 0 aliphatic rings. The van der Waals surface area contributed by atoms with Crippen molar-refractivity contribution in [3.8, 4) is 23.0 Å². The molecule has 2 aromatic heterocycles. The minimum atomic E-state index is 0.247. The number of benzene rings is 1. The first-order valence-electron chi connectivity index (χ1n) is 6.07. The first-order valence-corrected chi connectivity index (χ1v) is 6.82. The van der Waals surface area contributed by atoms with Crippen LogP contribution in [0.25, 0.3) is 23.0 Å². The number of halogens is 2. The van der Waals surface area contributed by atoms with E-state index in [0.29, 0.717) is 32.8 Å². The third kappa shape index (κ3) is 2.57. The molecule has 0 fully saturated rings. The summed E-state index contributed by atoms with van der Waals surface area (Å²) < 4.78 is 5.25. The summed E-state index contributed by atoms with van der Waals surface area (Å²) in [5, 5.41) is 4.72. The van der Waals surface area contributed by atoms with Crippen molar-refractivity contribution in [3.63, 3.8) is 0 Å². The smallest absolute Gasteiger partial charge is 0.260 e. The van der Waals surface area contributed by atoms with Gasteiger partial charge in [0, 0.05) is 11.2 Å². The van der Waals surface area contributed by atoms with E-state index in [0.717, 1.165) is 5.56 Å². The lowest BCUT2D eigenvalue weighted by molar-refractivity contribution is 0.432. The summed E-state index contributed by atoms with van der Waals surface area (Å²) in [6.45, 7) is 1.92. The lowest BCUT2D eigenvalue weighted by Gasteiger charge is -2.03. The summed E-state index contributed by atoms with van der Waals surface area (Å²) in [4.78, 5) is 8.56. The fraction of sp³-hybridized carbons (Fsp3) is 0.0714. The molecule has 0 aliphatic carbocycles. The largest absolute Gasteiger partial charge is 0.397 e. The van der Waals surface area contributed by atoms with E-state index in [-0.39, 0.29) is 5.89 Å². The average Bonchev–Trinajstić information content (AvgIpc) is 2.92. The highest BCUT2D eigenvalue weighted by Gasteiger charge is 2.17. The fourth-order valence-corrected chi connectivity index (χ4v) is 2.40. The van der Waals surface area contributed by atoms with Crippen molar-refractivity contribution in [2.24, 2.45) is 0 Å². The maximum absolute atomic E-state index is 6.01. The maximum Gasteiger partial charge on any atom is 0.260 e. The van der Waals surface area contributed by atoms with Crippen molar-refractivity contribution in [2.75, 3.05) is 5.73 Å². The molecule has 0 aliphatic heterocycles. The molecule has 5 nitrogen and oxygen atoms in total. The van der Waals surface area contributed by atoms with E-state index in [2.05, 4.69) is 15.1 Å². The Morgan fingerprint density at radius 2 is 2.05 bits per heavy atom. The number of nitrogens with zero attached hydrogens (tertiary/aromatic N) is 3. The van der Waals surface area contributed by atoms with Crippen molar-refractivity contribution < 1.29 is 4.52 Å². The van der Waals surface area contributed by atoms with Gasteiger partial charge in [-0.25, -0.2) is 0 Å². The van der Waals surface area contributed by atoms with Gasteiger partial charge in [0.2, 0.25) is 5.82 Å². The van der Waals surface area contributed by atoms with Crippen LogP contribution < -0.4 is 5.73 Å². The van der Waals surface area contributed by atoms with Gasteiger partial charge in [-0.2, -0.15) is 4.98 Å². The second-order valence-electron chi connectivity index (χ2n) is 4.44. The van der Waals surface area contributed by atoms with E-state index in [1.54, 1.807) is 18.3 Å². The van der Waals surface area contributed by atoms with Crippen molar-refractivity contribution in [2.45, 2.75) is 6.92 Å². The van der Waals surface area contributed by atoms with Crippen molar-refractivity contribution in [1.82, 2.24) is 15.1 Å². The Hall–Kier alpha value is -2.11. The average molecular weight is 321 g/mol. The number of rotatable bonds is 2. The van der Waals surface area contributed by atoms with Crippen molar-refractivity contribution >= 4 is 28.9 Å². The van der Waals surface area contributed by atoms with Crippen LogP contribution in [0.2, 0.25) is 10.0 Å². The number of nitrogen functional groups attached to an aromatic ring is 1. The summed E-state index contributed by atoms with van der Waals surface area (Å²) in [5.74, 6) is 0.635. The van der Waals surface area contributed by atoms with E-state index in [9.17, 15) is 0 Å². The second-order valence-corrected chi connectivity index (χ2v) is 5.28. The van der Waals surface area contributed by atoms with E-state index >= 15 is 0 Å². The molecule has 0 spiro atoms. The highest BCUT2D eigenvalue weighted by molar-refractivity contribution is 6.37. The number of aromatic nitrogens is 3. The molecule has 0 radical (unpaired) electrons. The van der Waals surface area contributed by atoms with Gasteiger partial charge < -0.3 is 10.3 Å². The Bertz CT molecular complexity index is 816. The topological polar surface area (TPSA) is 77.8 Å². The van der Waals surface area contributed by atoms with Crippen LogP contribution in [0.4, 0.5) is 5.69 Å². The van der Waals surface area contributed by atoms with Crippen LogP contribution in [-0.4, -0.2) is 15.1 Å². The Balaban J connectivity index is 2.09. The predicted molar refractivity (Wildman–Crippen MR) is 82.1 cm³/mol. The molecule has 0 bridgehead atoms. The van der Waals surface area contributed by atoms with Crippen LogP contribution in [0.3, 0.4) is 0 Å². The van der Waals surface area contributed by atoms with E-state index in [1.807, 2.05) is 19.1 Å². The first kappa shape index (κ1) is 13.9. The lowest BCUT2D eigenvalue weighted by Crippen LogP contribution is -1.92. The Morgan fingerprint density at radius 3 is 2.81 bits per heavy atom. The summed E-state index contributed by atoms with van der Waals surface area (Å²) in [5.41, 5.74) is 8.37. The SMILES string of the molecule is Cc1cccnc1-c1noc(-c2cc(Cl)cc(Cl)c2N)n1. The van der Waals surface area contributed by atoms with Gasteiger partial charge in [0.15, 0.2) is 0 Å². The van der Waals surface area contributed by atoms with Crippen LogP contribution in [0.15, 0.2) is 35.0 Å². The van der Waals surface area contributed by atoms with Crippen LogP contribution in [-0.2, 0) is 0 Å². The number of aryl methyl sites for hydroxylation is 1. The van der Waals surface area contributed by atoms with Gasteiger partial charge >= 0.3 is 0 Å². The second kappa shape index (κ2) is 5.35.